The van der Waals surface area contributed by atoms with Crippen LogP contribution in [0.25, 0.3) is 0 Å². The van der Waals surface area contributed by atoms with Crippen molar-refractivity contribution >= 4 is 5.82 Å². The Balaban J connectivity index is 1.82. The Morgan fingerprint density at radius 2 is 1.83 bits per heavy atom. The van der Waals surface area contributed by atoms with Gasteiger partial charge in [-0.15, -0.1) is 0 Å². The molecule has 0 amide bonds. The van der Waals surface area contributed by atoms with Crippen molar-refractivity contribution in [3.05, 3.63) is 47.9 Å². The lowest BCUT2D eigenvalue weighted by Crippen LogP contribution is -1.99. The molecule has 0 bridgehead atoms. The Morgan fingerprint density at radius 3 is 2.44 bits per heavy atom. The van der Waals surface area contributed by atoms with Gasteiger partial charge in [-0.1, -0.05) is 12.1 Å². The monoisotopic (exact) mass is 245 g/mol. The van der Waals surface area contributed by atoms with Crippen LogP contribution >= 0.6 is 0 Å². The number of benzene rings is 1. The highest BCUT2D eigenvalue weighted by Crippen LogP contribution is 2.12. The first kappa shape index (κ1) is 12.3. The fourth-order valence-corrected chi connectivity index (χ4v) is 1.43. The highest BCUT2D eigenvalue weighted by atomic mass is 16.5. The van der Waals surface area contributed by atoms with Crippen LogP contribution in [0.3, 0.4) is 0 Å². The Hall–Kier alpha value is -2.14. The van der Waals surface area contributed by atoms with E-state index < -0.39 is 0 Å². The van der Waals surface area contributed by atoms with Crippen LogP contribution in [0.2, 0.25) is 0 Å². The summed E-state index contributed by atoms with van der Waals surface area (Å²) in [7, 11) is 1.64. The maximum Gasteiger partial charge on any atom is 0.141 e. The number of rotatable bonds is 5. The Morgan fingerprint density at radius 1 is 1.06 bits per heavy atom. The van der Waals surface area contributed by atoms with Crippen LogP contribution in [0.15, 0.2) is 36.7 Å². The predicted molar refractivity (Wildman–Crippen MR) is 67.9 cm³/mol. The summed E-state index contributed by atoms with van der Waals surface area (Å²) < 4.78 is 10.6. The van der Waals surface area contributed by atoms with E-state index in [2.05, 4.69) is 9.97 Å². The fraction of sp³-hybridized carbons (Fsp3) is 0.231. The number of nitrogens with zero attached hydrogens (tertiary/aromatic N) is 2. The van der Waals surface area contributed by atoms with Crippen LogP contribution in [-0.2, 0) is 18.0 Å². The standard InChI is InChI=1S/C13H15N3O2/c1-17-12-4-2-10(3-5-12)8-18-9-11-6-16-13(14)7-15-11/h2-7H,8-9H2,1H3,(H2,14,16). The van der Waals surface area contributed by atoms with E-state index in [9.17, 15) is 0 Å². The Labute approximate surface area is 106 Å². The smallest absolute Gasteiger partial charge is 0.141 e. The summed E-state index contributed by atoms with van der Waals surface area (Å²) >= 11 is 0. The second kappa shape index (κ2) is 5.97. The van der Waals surface area contributed by atoms with Crippen LogP contribution in [0.4, 0.5) is 5.82 Å². The van der Waals surface area contributed by atoms with Crippen LogP contribution < -0.4 is 10.5 Å². The molecule has 1 heterocycles. The van der Waals surface area contributed by atoms with Crippen LogP contribution in [0.5, 0.6) is 5.75 Å². The van der Waals surface area contributed by atoms with E-state index in [1.165, 1.54) is 6.20 Å². The van der Waals surface area contributed by atoms with Gasteiger partial charge < -0.3 is 15.2 Å². The molecule has 0 saturated heterocycles. The number of nitrogens with two attached hydrogens (primary N) is 1. The van der Waals surface area contributed by atoms with Gasteiger partial charge in [0.05, 0.1) is 38.4 Å². The van der Waals surface area contributed by atoms with E-state index in [-0.39, 0.29) is 0 Å². The van der Waals surface area contributed by atoms with Gasteiger partial charge in [-0.3, -0.25) is 4.98 Å². The summed E-state index contributed by atoms with van der Waals surface area (Å²) in [5, 5.41) is 0. The highest BCUT2D eigenvalue weighted by molar-refractivity contribution is 5.26. The third kappa shape index (κ3) is 3.43. The Kier molecular flexibility index (Phi) is 4.09. The average Bonchev–Trinajstić information content (AvgIpc) is 2.42. The van der Waals surface area contributed by atoms with Crippen molar-refractivity contribution in [2.45, 2.75) is 13.2 Å². The van der Waals surface area contributed by atoms with Crippen LogP contribution in [0.1, 0.15) is 11.3 Å². The topological polar surface area (TPSA) is 70.3 Å². The third-order valence-corrected chi connectivity index (χ3v) is 2.40. The van der Waals surface area contributed by atoms with E-state index in [1.54, 1.807) is 13.3 Å². The molecule has 0 fully saturated rings. The highest BCUT2D eigenvalue weighted by Gasteiger charge is 1.98. The molecule has 94 valence electrons. The van der Waals surface area contributed by atoms with Gasteiger partial charge in [-0.2, -0.15) is 0 Å². The molecule has 0 atom stereocenters. The number of ether oxygens (including phenoxy) is 2. The largest absolute Gasteiger partial charge is 0.497 e. The molecule has 0 aliphatic carbocycles. The third-order valence-electron chi connectivity index (χ3n) is 2.40. The lowest BCUT2D eigenvalue weighted by molar-refractivity contribution is 0.104. The summed E-state index contributed by atoms with van der Waals surface area (Å²) in [6.45, 7) is 0.940. The summed E-state index contributed by atoms with van der Waals surface area (Å²) in [5.41, 5.74) is 7.29. The van der Waals surface area contributed by atoms with Crippen molar-refractivity contribution < 1.29 is 9.47 Å². The zero-order valence-corrected chi connectivity index (χ0v) is 10.2. The van der Waals surface area contributed by atoms with Crippen molar-refractivity contribution in [2.24, 2.45) is 0 Å². The molecule has 5 heteroatoms. The molecule has 0 aliphatic heterocycles. The molecule has 2 N–H and O–H groups in total. The molecule has 0 saturated carbocycles. The second-order valence-electron chi connectivity index (χ2n) is 3.77. The SMILES string of the molecule is COc1ccc(COCc2cnc(N)cn2)cc1. The Bertz CT molecular complexity index is 483. The molecule has 2 aromatic rings. The minimum absolute atomic E-state index is 0.411. The van der Waals surface area contributed by atoms with Crippen molar-refractivity contribution in [1.82, 2.24) is 9.97 Å². The van der Waals surface area contributed by atoms with Gasteiger partial charge >= 0.3 is 0 Å². The zero-order chi connectivity index (χ0) is 12.8. The van der Waals surface area contributed by atoms with Crippen LogP contribution in [0, 0.1) is 0 Å². The second-order valence-corrected chi connectivity index (χ2v) is 3.77. The molecule has 0 unspecified atom stereocenters. The summed E-state index contributed by atoms with van der Waals surface area (Å²) in [6, 6.07) is 7.74. The van der Waals surface area contributed by atoms with Gasteiger partial charge in [-0.05, 0) is 17.7 Å². The number of nitrogen functional groups attached to an aromatic ring is 1. The zero-order valence-electron chi connectivity index (χ0n) is 10.2. The summed E-state index contributed by atoms with van der Waals surface area (Å²) in [5.74, 6) is 1.25. The van der Waals surface area contributed by atoms with Gasteiger partial charge in [0.25, 0.3) is 0 Å². The van der Waals surface area contributed by atoms with Crippen LogP contribution in [-0.4, -0.2) is 17.1 Å². The first-order valence-corrected chi connectivity index (χ1v) is 5.55. The van der Waals surface area contributed by atoms with E-state index in [0.29, 0.717) is 19.0 Å². The van der Waals surface area contributed by atoms with Gasteiger partial charge in [-0.25, -0.2) is 4.98 Å². The molecule has 5 nitrogen and oxygen atoms in total. The first-order chi connectivity index (χ1) is 8.78. The van der Waals surface area contributed by atoms with E-state index >= 15 is 0 Å². The number of aromatic nitrogens is 2. The first-order valence-electron chi connectivity index (χ1n) is 5.55. The van der Waals surface area contributed by atoms with Crippen molar-refractivity contribution in [1.29, 1.82) is 0 Å². The molecule has 0 radical (unpaired) electrons. The lowest BCUT2D eigenvalue weighted by atomic mass is 10.2. The van der Waals surface area contributed by atoms with Gasteiger partial charge in [0, 0.05) is 0 Å². The van der Waals surface area contributed by atoms with Crippen molar-refractivity contribution in [3.63, 3.8) is 0 Å². The molecule has 0 spiro atoms. The molecular weight excluding hydrogens is 230 g/mol. The number of hydrogen-bond acceptors (Lipinski definition) is 5. The van der Waals surface area contributed by atoms with Gasteiger partial charge in [0.15, 0.2) is 0 Å². The van der Waals surface area contributed by atoms with E-state index in [1.807, 2.05) is 24.3 Å². The predicted octanol–water partition coefficient (Wildman–Crippen LogP) is 1.78. The van der Waals surface area contributed by atoms with Gasteiger partial charge in [0.2, 0.25) is 0 Å². The minimum atomic E-state index is 0.411. The van der Waals surface area contributed by atoms with Crippen molar-refractivity contribution in [2.75, 3.05) is 12.8 Å². The van der Waals surface area contributed by atoms with Gasteiger partial charge in [0.1, 0.15) is 11.6 Å². The molecule has 1 aromatic heterocycles. The molecular formula is C13H15N3O2. The maximum absolute atomic E-state index is 5.53. The quantitative estimate of drug-likeness (QED) is 0.869. The lowest BCUT2D eigenvalue weighted by Gasteiger charge is -2.05. The maximum atomic E-state index is 5.53. The molecule has 18 heavy (non-hydrogen) atoms. The number of anilines is 1. The molecule has 2 rings (SSSR count). The number of methoxy groups -OCH3 is 1. The normalized spacial score (nSPS) is 10.3. The molecule has 0 aliphatic rings. The summed E-state index contributed by atoms with van der Waals surface area (Å²) in [6.07, 6.45) is 3.13. The summed E-state index contributed by atoms with van der Waals surface area (Å²) in [4.78, 5) is 8.05. The average molecular weight is 245 g/mol. The van der Waals surface area contributed by atoms with E-state index in [4.69, 9.17) is 15.2 Å². The number of hydrogen-bond donors (Lipinski definition) is 1. The fourth-order valence-electron chi connectivity index (χ4n) is 1.43. The van der Waals surface area contributed by atoms with E-state index in [0.717, 1.165) is 17.0 Å². The minimum Gasteiger partial charge on any atom is -0.497 e. The van der Waals surface area contributed by atoms with Crippen molar-refractivity contribution in [3.8, 4) is 5.75 Å². The molecule has 1 aromatic carbocycles.